The maximum absolute atomic E-state index is 12.4. The zero-order chi connectivity index (χ0) is 19.4. The number of ether oxygens (including phenoxy) is 1. The van der Waals surface area contributed by atoms with E-state index in [9.17, 15) is 14.4 Å². The smallest absolute Gasteiger partial charge is 0.340 e. The van der Waals surface area contributed by atoms with Gasteiger partial charge in [0, 0.05) is 5.56 Å². The Bertz CT molecular complexity index is 1000. The molecule has 3 aromatic rings. The van der Waals surface area contributed by atoms with Crippen LogP contribution in [0.1, 0.15) is 36.8 Å². The molecule has 0 unspecified atom stereocenters. The lowest BCUT2D eigenvalue weighted by Gasteiger charge is -2.08. The van der Waals surface area contributed by atoms with Gasteiger partial charge in [0.05, 0.1) is 16.1 Å². The van der Waals surface area contributed by atoms with Crippen LogP contribution in [0.4, 0.5) is 0 Å². The fourth-order valence-corrected chi connectivity index (χ4v) is 2.57. The molecule has 0 amide bonds. The van der Waals surface area contributed by atoms with Crippen LogP contribution < -0.4 is 0 Å². The lowest BCUT2D eigenvalue weighted by molar-refractivity contribution is 0.0472. The fourth-order valence-electron chi connectivity index (χ4n) is 2.38. The molecule has 7 heteroatoms. The van der Waals surface area contributed by atoms with Gasteiger partial charge in [0.25, 0.3) is 0 Å². The quantitative estimate of drug-likeness (QED) is 0.498. The first-order valence-electron chi connectivity index (χ1n) is 7.82. The van der Waals surface area contributed by atoms with Gasteiger partial charge in [-0.2, -0.15) is 0 Å². The van der Waals surface area contributed by atoms with Crippen molar-refractivity contribution in [1.29, 1.82) is 0 Å². The van der Waals surface area contributed by atoms with Gasteiger partial charge < -0.3 is 14.3 Å². The van der Waals surface area contributed by atoms with Crippen LogP contribution in [0.5, 0.6) is 0 Å². The minimum Gasteiger partial charge on any atom is -0.478 e. The number of hydrogen-bond donors (Lipinski definition) is 1. The third-order valence-electron chi connectivity index (χ3n) is 3.78. The predicted molar refractivity (Wildman–Crippen MR) is 97.1 cm³/mol. The van der Waals surface area contributed by atoms with Crippen LogP contribution in [0.15, 0.2) is 59.0 Å². The molecule has 0 atom stereocenters. The summed E-state index contributed by atoms with van der Waals surface area (Å²) in [5.74, 6) is -1.06. The summed E-state index contributed by atoms with van der Waals surface area (Å²) in [4.78, 5) is 34.0. The van der Waals surface area contributed by atoms with Crippen LogP contribution in [0.2, 0.25) is 5.02 Å². The lowest BCUT2D eigenvalue weighted by atomic mass is 10.1. The molecule has 0 saturated heterocycles. The van der Waals surface area contributed by atoms with Crippen LogP contribution in [-0.4, -0.2) is 23.3 Å². The molecule has 0 bridgehead atoms. The maximum atomic E-state index is 12.4. The molecule has 1 aromatic heterocycles. The van der Waals surface area contributed by atoms with Gasteiger partial charge in [-0.25, -0.2) is 9.59 Å². The average Bonchev–Trinajstić information content (AvgIpc) is 3.16. The van der Waals surface area contributed by atoms with Crippen LogP contribution in [0.25, 0.3) is 11.3 Å². The highest BCUT2D eigenvalue weighted by Crippen LogP contribution is 2.27. The number of halogens is 1. The van der Waals surface area contributed by atoms with Crippen LogP contribution in [-0.2, 0) is 11.3 Å². The molecule has 0 radical (unpaired) electrons. The summed E-state index contributed by atoms with van der Waals surface area (Å²) in [6.45, 7) is -0.0324. The number of carbonyl (C=O) groups is 3. The molecular formula is C20H13ClO6. The molecule has 27 heavy (non-hydrogen) atoms. The van der Waals surface area contributed by atoms with E-state index in [1.165, 1.54) is 30.3 Å². The minimum atomic E-state index is -1.03. The van der Waals surface area contributed by atoms with E-state index in [2.05, 4.69) is 0 Å². The molecule has 0 aliphatic carbocycles. The number of benzene rings is 2. The van der Waals surface area contributed by atoms with Crippen molar-refractivity contribution in [2.45, 2.75) is 6.61 Å². The normalized spacial score (nSPS) is 10.4. The summed E-state index contributed by atoms with van der Waals surface area (Å²) < 4.78 is 10.6. The highest BCUT2D eigenvalue weighted by Gasteiger charge is 2.15. The van der Waals surface area contributed by atoms with Gasteiger partial charge in [-0.05, 0) is 48.0 Å². The van der Waals surface area contributed by atoms with Gasteiger partial charge in [0.1, 0.15) is 12.4 Å². The zero-order valence-electron chi connectivity index (χ0n) is 13.8. The van der Waals surface area contributed by atoms with E-state index >= 15 is 0 Å². The SMILES string of the molecule is O=Cc1ccc(-c2ccc(Cl)c(C(=O)OCc3ccc(C(=O)O)cc3)c2)o1. The fraction of sp³-hybridized carbons (Fsp3) is 0.0500. The third kappa shape index (κ3) is 4.24. The Hall–Kier alpha value is -3.38. The average molecular weight is 385 g/mol. The Morgan fingerprint density at radius 1 is 1.07 bits per heavy atom. The second-order valence-corrected chi connectivity index (χ2v) is 6.00. The molecular weight excluding hydrogens is 372 g/mol. The van der Waals surface area contributed by atoms with Gasteiger partial charge in [-0.15, -0.1) is 0 Å². The Kier molecular flexibility index (Phi) is 5.38. The summed E-state index contributed by atoms with van der Waals surface area (Å²) in [5.41, 5.74) is 1.52. The van der Waals surface area contributed by atoms with Crippen molar-refractivity contribution in [1.82, 2.24) is 0 Å². The van der Waals surface area contributed by atoms with Crippen molar-refractivity contribution in [3.63, 3.8) is 0 Å². The number of carbonyl (C=O) groups excluding carboxylic acids is 2. The third-order valence-corrected chi connectivity index (χ3v) is 4.11. The van der Waals surface area contributed by atoms with E-state index in [4.69, 9.17) is 25.9 Å². The molecule has 6 nitrogen and oxygen atoms in total. The van der Waals surface area contributed by atoms with Crippen molar-refractivity contribution < 1.29 is 28.6 Å². The van der Waals surface area contributed by atoms with E-state index in [1.807, 2.05) is 0 Å². The van der Waals surface area contributed by atoms with Gasteiger partial charge in [0.2, 0.25) is 0 Å². The first-order chi connectivity index (χ1) is 13.0. The number of hydrogen-bond acceptors (Lipinski definition) is 5. The first kappa shape index (κ1) is 18.4. The van der Waals surface area contributed by atoms with E-state index in [-0.39, 0.29) is 28.5 Å². The van der Waals surface area contributed by atoms with Crippen LogP contribution in [0.3, 0.4) is 0 Å². The van der Waals surface area contributed by atoms with Crippen LogP contribution >= 0.6 is 11.6 Å². The number of esters is 1. The van der Waals surface area contributed by atoms with Crippen LogP contribution in [0, 0.1) is 0 Å². The topological polar surface area (TPSA) is 93.8 Å². The summed E-state index contributed by atoms with van der Waals surface area (Å²) in [5, 5.41) is 9.10. The van der Waals surface area contributed by atoms with Crippen molar-refractivity contribution in [3.8, 4) is 11.3 Å². The van der Waals surface area contributed by atoms with Gasteiger partial charge in [-0.3, -0.25) is 4.79 Å². The molecule has 3 rings (SSSR count). The second-order valence-electron chi connectivity index (χ2n) is 5.59. The summed E-state index contributed by atoms with van der Waals surface area (Å²) >= 11 is 6.10. The number of carboxylic acid groups (broad SMARTS) is 1. The van der Waals surface area contributed by atoms with E-state index < -0.39 is 11.9 Å². The Labute approximate surface area is 158 Å². The van der Waals surface area contributed by atoms with Crippen molar-refractivity contribution in [2.24, 2.45) is 0 Å². The zero-order valence-corrected chi connectivity index (χ0v) is 14.6. The summed E-state index contributed by atoms with van der Waals surface area (Å²) in [6.07, 6.45) is 0.588. The molecule has 2 aromatic carbocycles. The van der Waals surface area contributed by atoms with Crippen molar-refractivity contribution in [2.75, 3.05) is 0 Å². The molecule has 136 valence electrons. The van der Waals surface area contributed by atoms with Gasteiger partial charge in [0.15, 0.2) is 12.0 Å². The predicted octanol–water partition coefficient (Wildman–Crippen LogP) is 4.47. The second kappa shape index (κ2) is 7.88. The lowest BCUT2D eigenvalue weighted by Crippen LogP contribution is -2.06. The van der Waals surface area contributed by atoms with E-state index in [1.54, 1.807) is 24.3 Å². The van der Waals surface area contributed by atoms with Crippen molar-refractivity contribution >= 4 is 29.8 Å². The van der Waals surface area contributed by atoms with Gasteiger partial charge in [-0.1, -0.05) is 23.7 Å². The standard InChI is InChI=1S/C20H13ClO6/c21-17-7-5-14(18-8-6-15(10-22)27-18)9-16(17)20(25)26-11-12-1-3-13(4-2-12)19(23)24/h1-10H,11H2,(H,23,24). The largest absolute Gasteiger partial charge is 0.478 e. The number of carboxylic acids is 1. The minimum absolute atomic E-state index is 0.0324. The maximum Gasteiger partial charge on any atom is 0.340 e. The van der Waals surface area contributed by atoms with Gasteiger partial charge >= 0.3 is 11.9 Å². The Balaban J connectivity index is 1.74. The summed E-state index contributed by atoms with van der Waals surface area (Å²) in [6, 6.07) is 13.9. The van der Waals surface area contributed by atoms with E-state index in [0.717, 1.165) is 0 Å². The number of furan rings is 1. The number of rotatable bonds is 6. The highest BCUT2D eigenvalue weighted by atomic mass is 35.5. The molecule has 0 saturated carbocycles. The summed E-state index contributed by atoms with van der Waals surface area (Å²) in [7, 11) is 0. The molecule has 0 fully saturated rings. The molecule has 0 aliphatic rings. The van der Waals surface area contributed by atoms with Crippen molar-refractivity contribution in [3.05, 3.63) is 82.1 Å². The highest BCUT2D eigenvalue weighted by molar-refractivity contribution is 6.33. The molecule has 1 N–H and O–H groups in total. The molecule has 0 spiro atoms. The number of aromatic carboxylic acids is 1. The monoisotopic (exact) mass is 384 g/mol. The molecule has 0 aliphatic heterocycles. The first-order valence-corrected chi connectivity index (χ1v) is 8.20. The molecule has 1 heterocycles. The Morgan fingerprint density at radius 3 is 2.44 bits per heavy atom. The Morgan fingerprint density at radius 2 is 1.81 bits per heavy atom. The van der Waals surface area contributed by atoms with E-state index in [0.29, 0.717) is 23.2 Å². The number of aldehydes is 1.